The Morgan fingerprint density at radius 3 is 2.37 bits per heavy atom. The Balaban J connectivity index is 1.73. The van der Waals surface area contributed by atoms with Crippen LogP contribution < -0.4 is 0 Å². The van der Waals surface area contributed by atoms with E-state index in [1.165, 1.54) is 30.5 Å². The van der Waals surface area contributed by atoms with E-state index < -0.39 is 6.23 Å². The topological polar surface area (TPSA) is 35.8 Å². The fourth-order valence-electron chi connectivity index (χ4n) is 5.03. The van der Waals surface area contributed by atoms with Gasteiger partial charge in [0, 0.05) is 17.5 Å². The van der Waals surface area contributed by atoms with Crippen molar-refractivity contribution in [2.45, 2.75) is 78.4 Å². The highest BCUT2D eigenvalue weighted by Crippen LogP contribution is 2.41. The summed E-state index contributed by atoms with van der Waals surface area (Å²) in [6, 6.07) is 10.7. The van der Waals surface area contributed by atoms with Crippen LogP contribution in [0.4, 0.5) is 0 Å². The maximum Gasteiger partial charge on any atom is 0.145 e. The third kappa shape index (κ3) is 4.74. The Hall–Kier alpha value is -1.35. The zero-order valence-corrected chi connectivity index (χ0v) is 17.6. The first-order valence-corrected chi connectivity index (χ1v) is 11.1. The van der Waals surface area contributed by atoms with Crippen LogP contribution in [0.15, 0.2) is 35.4 Å². The van der Waals surface area contributed by atoms with E-state index >= 15 is 0 Å². The van der Waals surface area contributed by atoms with Crippen molar-refractivity contribution < 1.29 is 5.11 Å². The van der Waals surface area contributed by atoms with E-state index in [1.807, 2.05) is 5.01 Å². The summed E-state index contributed by atoms with van der Waals surface area (Å²) in [4.78, 5) is 0. The van der Waals surface area contributed by atoms with Crippen LogP contribution in [0.25, 0.3) is 0 Å². The predicted molar refractivity (Wildman–Crippen MR) is 114 cm³/mol. The van der Waals surface area contributed by atoms with Gasteiger partial charge >= 0.3 is 0 Å². The largest absolute Gasteiger partial charge is 0.372 e. The van der Waals surface area contributed by atoms with Crippen molar-refractivity contribution in [2.24, 2.45) is 28.8 Å². The highest BCUT2D eigenvalue weighted by Gasteiger charge is 2.38. The van der Waals surface area contributed by atoms with Gasteiger partial charge in [-0.1, -0.05) is 70.9 Å². The van der Waals surface area contributed by atoms with Crippen LogP contribution in [-0.4, -0.2) is 28.6 Å². The normalized spacial score (nSPS) is 32.4. The maximum absolute atomic E-state index is 11.2. The molecule has 1 aromatic rings. The Morgan fingerprint density at radius 2 is 1.74 bits per heavy atom. The molecular weight excluding hydrogens is 332 g/mol. The highest BCUT2D eigenvalue weighted by molar-refractivity contribution is 5.92. The third-order valence-electron chi connectivity index (χ3n) is 7.14. The van der Waals surface area contributed by atoms with E-state index in [2.05, 4.69) is 58.0 Å². The summed E-state index contributed by atoms with van der Waals surface area (Å²) in [5, 5.41) is 18.1. The van der Waals surface area contributed by atoms with Gasteiger partial charge in [-0.05, 0) is 49.0 Å². The van der Waals surface area contributed by atoms with Gasteiger partial charge in [-0.2, -0.15) is 5.10 Å². The SMILES string of the molecule is CCCCCC1=NN(C(O)C2CC(C)C(C)[C@H](C)C2)CC1c1ccccc1. The molecule has 1 aliphatic heterocycles. The second kappa shape index (κ2) is 9.23. The Labute approximate surface area is 165 Å². The number of hydrazone groups is 1. The number of hydrogen-bond donors (Lipinski definition) is 1. The van der Waals surface area contributed by atoms with Gasteiger partial charge in [-0.25, -0.2) is 0 Å². The van der Waals surface area contributed by atoms with Crippen molar-refractivity contribution in [3.05, 3.63) is 35.9 Å². The van der Waals surface area contributed by atoms with Crippen molar-refractivity contribution in [3.63, 3.8) is 0 Å². The molecule has 3 rings (SSSR count). The number of hydrogen-bond acceptors (Lipinski definition) is 3. The third-order valence-corrected chi connectivity index (χ3v) is 7.14. The van der Waals surface area contributed by atoms with Gasteiger partial charge in [-0.15, -0.1) is 0 Å². The number of benzene rings is 1. The molecule has 1 aromatic carbocycles. The van der Waals surface area contributed by atoms with Crippen molar-refractivity contribution in [2.75, 3.05) is 6.54 Å². The summed E-state index contributed by atoms with van der Waals surface area (Å²) >= 11 is 0. The van der Waals surface area contributed by atoms with E-state index in [9.17, 15) is 5.11 Å². The van der Waals surface area contributed by atoms with Gasteiger partial charge in [0.2, 0.25) is 0 Å². The molecule has 0 saturated heterocycles. The van der Waals surface area contributed by atoms with Gasteiger partial charge in [0.15, 0.2) is 0 Å². The van der Waals surface area contributed by atoms with E-state index in [-0.39, 0.29) is 0 Å². The predicted octanol–water partition coefficient (Wildman–Crippen LogP) is 5.66. The summed E-state index contributed by atoms with van der Waals surface area (Å²) < 4.78 is 0. The molecule has 2 aliphatic rings. The number of nitrogens with zero attached hydrogens (tertiary/aromatic N) is 2. The fourth-order valence-corrected chi connectivity index (χ4v) is 5.03. The van der Waals surface area contributed by atoms with Crippen LogP contribution >= 0.6 is 0 Å². The summed E-state index contributed by atoms with van der Waals surface area (Å²) in [5.74, 6) is 2.76. The summed E-state index contributed by atoms with van der Waals surface area (Å²) in [7, 11) is 0. The van der Waals surface area contributed by atoms with Gasteiger partial charge in [0.1, 0.15) is 6.23 Å². The quantitative estimate of drug-likeness (QED) is 0.629. The van der Waals surface area contributed by atoms with Crippen LogP contribution in [0, 0.1) is 23.7 Å². The molecule has 0 amide bonds. The van der Waals surface area contributed by atoms with Crippen LogP contribution in [0.1, 0.15) is 77.7 Å². The van der Waals surface area contributed by atoms with Gasteiger partial charge in [0.05, 0.1) is 6.54 Å². The lowest BCUT2D eigenvalue weighted by molar-refractivity contribution is -0.0655. The summed E-state index contributed by atoms with van der Waals surface area (Å²) in [6.45, 7) is 10.1. The monoisotopic (exact) mass is 370 g/mol. The molecule has 0 radical (unpaired) electrons. The minimum Gasteiger partial charge on any atom is -0.372 e. The molecular formula is C24H38N2O. The minimum absolute atomic E-state index is 0.329. The molecule has 3 heteroatoms. The zero-order valence-electron chi connectivity index (χ0n) is 17.6. The lowest BCUT2D eigenvalue weighted by atomic mass is 9.69. The van der Waals surface area contributed by atoms with Gasteiger partial charge in [0.25, 0.3) is 0 Å². The highest BCUT2D eigenvalue weighted by atomic mass is 16.3. The average Bonchev–Trinajstić information content (AvgIpc) is 3.10. The minimum atomic E-state index is -0.447. The Morgan fingerprint density at radius 1 is 1.07 bits per heavy atom. The molecule has 1 heterocycles. The first kappa shape index (κ1) is 20.4. The number of aliphatic hydroxyl groups is 1. The molecule has 0 bridgehead atoms. The zero-order chi connectivity index (χ0) is 19.4. The second-order valence-corrected chi connectivity index (χ2v) is 9.09. The maximum atomic E-state index is 11.2. The van der Waals surface area contributed by atoms with Crippen molar-refractivity contribution in [1.29, 1.82) is 0 Å². The van der Waals surface area contributed by atoms with Crippen LogP contribution in [0.3, 0.4) is 0 Å². The molecule has 6 atom stereocenters. The molecule has 5 unspecified atom stereocenters. The molecule has 1 fully saturated rings. The smallest absolute Gasteiger partial charge is 0.145 e. The summed E-state index contributed by atoms with van der Waals surface area (Å²) in [6.07, 6.45) is 6.49. The molecule has 1 saturated carbocycles. The molecule has 0 aromatic heterocycles. The number of aliphatic hydroxyl groups excluding tert-OH is 1. The lowest BCUT2D eigenvalue weighted by Crippen LogP contribution is -2.42. The standard InChI is InChI=1S/C24H38N2O/c1-5-6-8-13-23-22(20-11-9-7-10-12-20)16-26(25-23)24(27)21-14-17(2)19(4)18(3)15-21/h7,9-12,17-19,21-22,24,27H,5-6,8,13-16H2,1-4H3/t17-,18?,19?,21?,22?,24?/m1/s1. The van der Waals surface area contributed by atoms with Crippen molar-refractivity contribution in [3.8, 4) is 0 Å². The average molecular weight is 371 g/mol. The number of unbranched alkanes of at least 4 members (excludes halogenated alkanes) is 2. The first-order valence-electron chi connectivity index (χ1n) is 11.1. The molecule has 27 heavy (non-hydrogen) atoms. The van der Waals surface area contributed by atoms with Crippen molar-refractivity contribution in [1.82, 2.24) is 5.01 Å². The van der Waals surface area contributed by atoms with Gasteiger partial charge < -0.3 is 5.11 Å². The molecule has 3 nitrogen and oxygen atoms in total. The molecule has 0 spiro atoms. The Kier molecular flexibility index (Phi) is 6.97. The second-order valence-electron chi connectivity index (χ2n) is 9.09. The molecule has 1 N–H and O–H groups in total. The van der Waals surface area contributed by atoms with Crippen molar-refractivity contribution >= 4 is 5.71 Å². The first-order chi connectivity index (χ1) is 13.0. The van der Waals surface area contributed by atoms with Crippen LogP contribution in [-0.2, 0) is 0 Å². The van der Waals surface area contributed by atoms with E-state index in [4.69, 9.17) is 5.10 Å². The number of rotatable bonds is 7. The summed E-state index contributed by atoms with van der Waals surface area (Å²) in [5.41, 5.74) is 2.60. The van der Waals surface area contributed by atoms with E-state index in [0.29, 0.717) is 23.7 Å². The molecule has 1 aliphatic carbocycles. The van der Waals surface area contributed by atoms with Gasteiger partial charge in [-0.3, -0.25) is 5.01 Å². The van der Waals surface area contributed by atoms with E-state index in [0.717, 1.165) is 31.7 Å². The lowest BCUT2D eigenvalue weighted by Gasteiger charge is -2.41. The van der Waals surface area contributed by atoms with Crippen LogP contribution in [0.2, 0.25) is 0 Å². The van der Waals surface area contributed by atoms with E-state index in [1.54, 1.807) is 0 Å². The molecule has 150 valence electrons. The Bertz CT molecular complexity index is 602. The fraction of sp³-hybridized carbons (Fsp3) is 0.708. The van der Waals surface area contributed by atoms with Crippen LogP contribution in [0.5, 0.6) is 0 Å².